The van der Waals surface area contributed by atoms with Crippen LogP contribution >= 0.6 is 0 Å². The maximum absolute atomic E-state index is 11.2. The molecule has 0 heterocycles. The predicted molar refractivity (Wildman–Crippen MR) is 131 cm³/mol. The molecule has 0 aliphatic heterocycles. The standard InChI is InChI=1S/C27H36O2Si/c1-18-15-22-23(27(4,5)14-13-26(22,2)3)17-21(18)24(30(6,7)8)16-19-9-11-20(12-10-19)25(28)29/h9-12,15-17H,13-14H2,1-8H3,(H,28,29). The maximum atomic E-state index is 11.2. The molecule has 1 aliphatic rings. The molecule has 160 valence electrons. The third kappa shape index (κ3) is 4.32. The van der Waals surface area contributed by atoms with E-state index in [1.807, 2.05) is 12.1 Å². The fourth-order valence-corrected chi connectivity index (χ4v) is 6.28. The summed E-state index contributed by atoms with van der Waals surface area (Å²) in [5, 5.41) is 10.6. The summed E-state index contributed by atoms with van der Waals surface area (Å²) in [6.07, 6.45) is 4.71. The predicted octanol–water partition coefficient (Wildman–Crippen LogP) is 7.46. The van der Waals surface area contributed by atoms with E-state index < -0.39 is 14.0 Å². The molecule has 2 aromatic carbocycles. The highest BCUT2D eigenvalue weighted by atomic mass is 28.3. The lowest BCUT2D eigenvalue weighted by molar-refractivity contribution is 0.0697. The molecule has 0 radical (unpaired) electrons. The first-order valence-corrected chi connectivity index (χ1v) is 14.4. The normalized spacial score (nSPS) is 18.1. The Hall–Kier alpha value is -2.13. The molecular weight excluding hydrogens is 384 g/mol. The number of aromatic carboxylic acids is 1. The van der Waals surface area contributed by atoms with Crippen molar-refractivity contribution in [2.24, 2.45) is 0 Å². The Balaban J connectivity index is 2.20. The van der Waals surface area contributed by atoms with Crippen molar-refractivity contribution in [3.05, 3.63) is 69.8 Å². The summed E-state index contributed by atoms with van der Waals surface area (Å²) in [5.74, 6) is -0.883. The van der Waals surface area contributed by atoms with Crippen molar-refractivity contribution in [1.82, 2.24) is 0 Å². The van der Waals surface area contributed by atoms with Gasteiger partial charge < -0.3 is 5.11 Å². The van der Waals surface area contributed by atoms with Gasteiger partial charge in [0.1, 0.15) is 0 Å². The molecule has 1 aliphatic carbocycles. The number of aryl methyl sites for hydroxylation is 1. The molecule has 0 saturated carbocycles. The second-order valence-corrected chi connectivity index (χ2v) is 16.3. The van der Waals surface area contributed by atoms with Gasteiger partial charge in [-0.15, -0.1) is 0 Å². The zero-order valence-corrected chi connectivity index (χ0v) is 20.8. The summed E-state index contributed by atoms with van der Waals surface area (Å²) in [7, 11) is -1.66. The van der Waals surface area contributed by atoms with E-state index in [0.717, 1.165) is 5.56 Å². The monoisotopic (exact) mass is 420 g/mol. The first-order valence-electron chi connectivity index (χ1n) is 10.9. The van der Waals surface area contributed by atoms with Crippen LogP contribution in [0.1, 0.15) is 78.7 Å². The Morgan fingerprint density at radius 1 is 0.933 bits per heavy atom. The molecule has 30 heavy (non-hydrogen) atoms. The fourth-order valence-electron chi connectivity index (χ4n) is 4.60. The van der Waals surface area contributed by atoms with Crippen LogP contribution in [0.5, 0.6) is 0 Å². The van der Waals surface area contributed by atoms with Crippen molar-refractivity contribution in [1.29, 1.82) is 0 Å². The average molecular weight is 421 g/mol. The van der Waals surface area contributed by atoms with Crippen molar-refractivity contribution >= 4 is 25.3 Å². The summed E-state index contributed by atoms with van der Waals surface area (Å²) < 4.78 is 0. The first kappa shape index (κ1) is 22.5. The van der Waals surface area contributed by atoms with E-state index in [1.165, 1.54) is 40.3 Å². The molecule has 0 saturated heterocycles. The van der Waals surface area contributed by atoms with Crippen LogP contribution in [0.15, 0.2) is 36.4 Å². The minimum Gasteiger partial charge on any atom is -0.478 e. The van der Waals surface area contributed by atoms with Crippen molar-refractivity contribution in [2.45, 2.75) is 77.9 Å². The van der Waals surface area contributed by atoms with E-state index in [4.69, 9.17) is 0 Å². The lowest BCUT2D eigenvalue weighted by Gasteiger charge is -2.43. The molecule has 0 amide bonds. The second-order valence-electron chi connectivity index (χ2n) is 11.2. The highest BCUT2D eigenvalue weighted by Crippen LogP contribution is 2.47. The Morgan fingerprint density at radius 3 is 1.90 bits per heavy atom. The number of fused-ring (bicyclic) bond motifs is 1. The SMILES string of the molecule is Cc1cc2c(cc1C(=Cc1ccc(C(=O)O)cc1)[Si](C)(C)C)C(C)(C)CCC2(C)C. The Bertz CT molecular complexity index is 1000. The van der Waals surface area contributed by atoms with Gasteiger partial charge in [0.2, 0.25) is 0 Å². The van der Waals surface area contributed by atoms with Crippen LogP contribution in [0.3, 0.4) is 0 Å². The zero-order valence-electron chi connectivity index (χ0n) is 19.8. The van der Waals surface area contributed by atoms with Crippen molar-refractivity contribution in [3.8, 4) is 0 Å². The molecule has 3 rings (SSSR count). The average Bonchev–Trinajstić information content (AvgIpc) is 2.63. The fraction of sp³-hybridized carbons (Fsp3) is 0.444. The van der Waals surface area contributed by atoms with Gasteiger partial charge in [-0.2, -0.15) is 0 Å². The van der Waals surface area contributed by atoms with Crippen molar-refractivity contribution in [3.63, 3.8) is 0 Å². The Kier molecular flexibility index (Phi) is 5.66. The topological polar surface area (TPSA) is 37.3 Å². The molecule has 0 bridgehead atoms. The summed E-state index contributed by atoms with van der Waals surface area (Å²) in [5.41, 5.74) is 7.48. The summed E-state index contributed by atoms with van der Waals surface area (Å²) in [6, 6.07) is 12.1. The van der Waals surface area contributed by atoms with Gasteiger partial charge in [-0.25, -0.2) is 4.79 Å². The van der Waals surface area contributed by atoms with Gasteiger partial charge in [-0.3, -0.25) is 0 Å². The number of carboxylic acids is 1. The number of hydrogen-bond donors (Lipinski definition) is 1. The zero-order chi connectivity index (χ0) is 22.5. The van der Waals surface area contributed by atoms with E-state index in [1.54, 1.807) is 12.1 Å². The third-order valence-electron chi connectivity index (χ3n) is 6.76. The number of rotatable bonds is 4. The molecule has 2 nitrogen and oxygen atoms in total. The van der Waals surface area contributed by atoms with E-state index in [2.05, 4.69) is 72.5 Å². The van der Waals surface area contributed by atoms with Gasteiger partial charge in [0.25, 0.3) is 0 Å². The molecule has 0 atom stereocenters. The Labute approximate surface area is 183 Å². The molecule has 0 unspecified atom stereocenters. The van der Waals surface area contributed by atoms with Crippen molar-refractivity contribution in [2.75, 3.05) is 0 Å². The van der Waals surface area contributed by atoms with E-state index in [9.17, 15) is 9.90 Å². The highest BCUT2D eigenvalue weighted by Gasteiger charge is 2.38. The van der Waals surface area contributed by atoms with Crippen LogP contribution in [0, 0.1) is 6.92 Å². The van der Waals surface area contributed by atoms with Crippen LogP contribution < -0.4 is 0 Å². The van der Waals surface area contributed by atoms with Crippen LogP contribution in [-0.4, -0.2) is 19.1 Å². The van der Waals surface area contributed by atoms with Gasteiger partial charge in [0.15, 0.2) is 0 Å². The van der Waals surface area contributed by atoms with Gasteiger partial charge >= 0.3 is 5.97 Å². The maximum Gasteiger partial charge on any atom is 0.335 e. The second kappa shape index (κ2) is 7.53. The smallest absolute Gasteiger partial charge is 0.335 e. The lowest BCUT2D eigenvalue weighted by atomic mass is 9.62. The molecule has 0 fully saturated rings. The molecule has 2 aromatic rings. The molecule has 0 spiro atoms. The number of carboxylic acid groups (broad SMARTS) is 1. The van der Waals surface area contributed by atoms with Crippen LogP contribution in [0.2, 0.25) is 19.6 Å². The number of hydrogen-bond acceptors (Lipinski definition) is 1. The first-order chi connectivity index (χ1) is 13.7. The van der Waals surface area contributed by atoms with Crippen molar-refractivity contribution < 1.29 is 9.90 Å². The van der Waals surface area contributed by atoms with E-state index in [0.29, 0.717) is 5.56 Å². The third-order valence-corrected chi connectivity index (χ3v) is 8.79. The minimum atomic E-state index is -1.66. The van der Waals surface area contributed by atoms with Crippen LogP contribution in [-0.2, 0) is 10.8 Å². The molecular formula is C27H36O2Si. The number of carbonyl (C=O) groups is 1. The minimum absolute atomic E-state index is 0.182. The van der Waals surface area contributed by atoms with Gasteiger partial charge in [0.05, 0.1) is 13.6 Å². The molecule has 1 N–H and O–H groups in total. The Morgan fingerprint density at radius 2 is 1.43 bits per heavy atom. The highest BCUT2D eigenvalue weighted by molar-refractivity contribution is 6.94. The van der Waals surface area contributed by atoms with E-state index in [-0.39, 0.29) is 10.8 Å². The summed E-state index contributed by atoms with van der Waals surface area (Å²) in [4.78, 5) is 11.2. The largest absolute Gasteiger partial charge is 0.478 e. The lowest BCUT2D eigenvalue weighted by Crippen LogP contribution is -2.34. The summed E-state index contributed by atoms with van der Waals surface area (Å²) in [6.45, 7) is 18.9. The van der Waals surface area contributed by atoms with Crippen LogP contribution in [0.25, 0.3) is 11.3 Å². The quantitative estimate of drug-likeness (QED) is 0.412. The van der Waals surface area contributed by atoms with E-state index >= 15 is 0 Å². The van der Waals surface area contributed by atoms with Gasteiger partial charge in [-0.05, 0) is 70.5 Å². The van der Waals surface area contributed by atoms with Gasteiger partial charge in [0, 0.05) is 0 Å². The van der Waals surface area contributed by atoms with Gasteiger partial charge in [-0.1, -0.05) is 82.9 Å². The molecule has 3 heteroatoms. The number of benzene rings is 2. The molecule has 0 aromatic heterocycles. The van der Waals surface area contributed by atoms with Crippen LogP contribution in [0.4, 0.5) is 0 Å². The summed E-state index contributed by atoms with van der Waals surface area (Å²) >= 11 is 0.